The van der Waals surface area contributed by atoms with Crippen molar-refractivity contribution in [2.75, 3.05) is 33.2 Å². The third kappa shape index (κ3) is 5.18. The van der Waals surface area contributed by atoms with Crippen molar-refractivity contribution in [1.82, 2.24) is 24.9 Å². The molecule has 2 aromatic heterocycles. The van der Waals surface area contributed by atoms with Gasteiger partial charge in [-0.2, -0.15) is 5.10 Å². The van der Waals surface area contributed by atoms with Gasteiger partial charge in [-0.05, 0) is 42.3 Å². The summed E-state index contributed by atoms with van der Waals surface area (Å²) in [6, 6.07) is 11.6. The van der Waals surface area contributed by atoms with Crippen molar-refractivity contribution < 1.29 is 14.0 Å². The van der Waals surface area contributed by atoms with Crippen LogP contribution in [0.1, 0.15) is 16.1 Å². The number of carbonyl (C=O) groups is 2. The second-order valence-corrected chi connectivity index (χ2v) is 8.50. The predicted octanol–water partition coefficient (Wildman–Crippen LogP) is 2.45. The van der Waals surface area contributed by atoms with Gasteiger partial charge in [0, 0.05) is 32.7 Å². The molecule has 1 aromatic carbocycles. The molecule has 1 N–H and O–H groups in total. The van der Waals surface area contributed by atoms with Crippen molar-refractivity contribution in [3.8, 4) is 10.6 Å². The normalized spacial score (nSPS) is 14.6. The average molecular weight is 442 g/mol. The molecule has 0 atom stereocenters. The fraction of sp³-hybridized carbons (Fsp3) is 0.318. The number of carbonyl (C=O) groups excluding carboxylic acids is 2. The molecule has 3 aromatic rings. The predicted molar refractivity (Wildman–Crippen MR) is 117 cm³/mol. The van der Waals surface area contributed by atoms with Gasteiger partial charge in [0.1, 0.15) is 12.4 Å². The highest BCUT2D eigenvalue weighted by molar-refractivity contribution is 7.13. The van der Waals surface area contributed by atoms with Crippen LogP contribution in [0.2, 0.25) is 0 Å². The Labute approximate surface area is 184 Å². The maximum atomic E-state index is 13.0. The molecular weight excluding hydrogens is 417 g/mol. The van der Waals surface area contributed by atoms with Crippen molar-refractivity contribution in [3.63, 3.8) is 0 Å². The maximum absolute atomic E-state index is 13.0. The van der Waals surface area contributed by atoms with Crippen molar-refractivity contribution >= 4 is 23.2 Å². The molecule has 7 nitrogen and oxygen atoms in total. The Morgan fingerprint density at radius 2 is 1.87 bits per heavy atom. The minimum absolute atomic E-state index is 0.00948. The molecule has 1 saturated heterocycles. The van der Waals surface area contributed by atoms with E-state index in [4.69, 9.17) is 0 Å². The number of benzene rings is 1. The summed E-state index contributed by atoms with van der Waals surface area (Å²) in [6.07, 6.45) is 0. The maximum Gasteiger partial charge on any atom is 0.274 e. The molecular formula is C22H24FN5O2S. The van der Waals surface area contributed by atoms with Crippen LogP contribution in [-0.2, 0) is 17.9 Å². The van der Waals surface area contributed by atoms with Gasteiger partial charge >= 0.3 is 0 Å². The summed E-state index contributed by atoms with van der Waals surface area (Å²) in [7, 11) is 2.04. The van der Waals surface area contributed by atoms with Crippen LogP contribution in [0.3, 0.4) is 0 Å². The molecule has 1 fully saturated rings. The summed E-state index contributed by atoms with van der Waals surface area (Å²) in [5, 5.41) is 9.25. The first kappa shape index (κ1) is 21.2. The van der Waals surface area contributed by atoms with E-state index in [1.54, 1.807) is 27.8 Å². The molecule has 31 heavy (non-hydrogen) atoms. The van der Waals surface area contributed by atoms with Gasteiger partial charge in [0.05, 0.1) is 10.6 Å². The number of hydrogen-bond acceptors (Lipinski definition) is 5. The van der Waals surface area contributed by atoms with E-state index in [0.29, 0.717) is 25.3 Å². The number of piperazine rings is 1. The molecule has 162 valence electrons. The van der Waals surface area contributed by atoms with Gasteiger partial charge in [-0.25, -0.2) is 4.39 Å². The van der Waals surface area contributed by atoms with Gasteiger partial charge in [-0.15, -0.1) is 11.3 Å². The molecule has 3 heterocycles. The highest BCUT2D eigenvalue weighted by atomic mass is 32.1. The second-order valence-electron chi connectivity index (χ2n) is 7.55. The van der Waals surface area contributed by atoms with Gasteiger partial charge < -0.3 is 15.1 Å². The Balaban J connectivity index is 1.48. The highest BCUT2D eigenvalue weighted by Crippen LogP contribution is 2.26. The van der Waals surface area contributed by atoms with E-state index < -0.39 is 0 Å². The van der Waals surface area contributed by atoms with Crippen molar-refractivity contribution in [3.05, 3.63) is 64.9 Å². The first-order valence-electron chi connectivity index (χ1n) is 10.1. The number of nitrogens with zero attached hydrogens (tertiary/aromatic N) is 4. The summed E-state index contributed by atoms with van der Waals surface area (Å²) < 4.78 is 14.6. The first-order valence-corrected chi connectivity index (χ1v) is 11.0. The van der Waals surface area contributed by atoms with Crippen LogP contribution >= 0.6 is 11.3 Å². The average Bonchev–Trinajstić information content (AvgIpc) is 3.43. The topological polar surface area (TPSA) is 70.5 Å². The second kappa shape index (κ2) is 9.40. The van der Waals surface area contributed by atoms with Crippen LogP contribution in [0.15, 0.2) is 47.8 Å². The van der Waals surface area contributed by atoms with Gasteiger partial charge in [0.25, 0.3) is 5.91 Å². The lowest BCUT2D eigenvalue weighted by Gasteiger charge is -2.31. The Morgan fingerprint density at radius 1 is 1.13 bits per heavy atom. The largest absolute Gasteiger partial charge is 0.350 e. The molecule has 0 aliphatic carbocycles. The minimum atomic E-state index is -0.315. The summed E-state index contributed by atoms with van der Waals surface area (Å²) in [4.78, 5) is 30.4. The molecule has 0 unspecified atom stereocenters. The zero-order valence-corrected chi connectivity index (χ0v) is 18.1. The van der Waals surface area contributed by atoms with E-state index in [-0.39, 0.29) is 24.2 Å². The van der Waals surface area contributed by atoms with Crippen molar-refractivity contribution in [2.45, 2.75) is 13.1 Å². The third-order valence-corrected chi connectivity index (χ3v) is 6.15. The fourth-order valence-electron chi connectivity index (χ4n) is 3.43. The smallest absolute Gasteiger partial charge is 0.274 e. The molecule has 4 rings (SSSR count). The molecule has 1 aliphatic rings. The van der Waals surface area contributed by atoms with Gasteiger partial charge in [-0.3, -0.25) is 14.3 Å². The van der Waals surface area contributed by atoms with Gasteiger partial charge in [0.15, 0.2) is 5.69 Å². The standard InChI is InChI=1S/C22H24FN5O2S/c1-26-8-10-27(11-9-26)22(30)18-13-19(20-3-2-12-31-20)28(25-18)15-21(29)24-14-16-4-6-17(23)7-5-16/h2-7,12-13H,8-11,14-15H2,1H3,(H,24,29). The quantitative estimate of drug-likeness (QED) is 0.638. The number of aromatic nitrogens is 2. The number of nitrogens with one attached hydrogen (secondary N) is 1. The lowest BCUT2D eigenvalue weighted by Crippen LogP contribution is -2.47. The van der Waals surface area contributed by atoms with E-state index in [9.17, 15) is 14.0 Å². The van der Waals surface area contributed by atoms with Gasteiger partial charge in [-0.1, -0.05) is 18.2 Å². The summed E-state index contributed by atoms with van der Waals surface area (Å²) in [5.74, 6) is -0.662. The van der Waals surface area contributed by atoms with E-state index in [1.165, 1.54) is 23.5 Å². The van der Waals surface area contributed by atoms with Crippen LogP contribution < -0.4 is 5.32 Å². The number of hydrogen-bond donors (Lipinski definition) is 1. The summed E-state index contributed by atoms with van der Waals surface area (Å²) >= 11 is 1.53. The summed E-state index contributed by atoms with van der Waals surface area (Å²) in [6.45, 7) is 3.27. The molecule has 0 radical (unpaired) electrons. The van der Waals surface area contributed by atoms with E-state index in [1.807, 2.05) is 24.6 Å². The Morgan fingerprint density at radius 3 is 2.55 bits per heavy atom. The number of amides is 2. The zero-order valence-electron chi connectivity index (χ0n) is 17.3. The third-order valence-electron chi connectivity index (χ3n) is 5.26. The molecule has 2 amide bonds. The molecule has 0 bridgehead atoms. The molecule has 0 spiro atoms. The molecule has 9 heteroatoms. The Kier molecular flexibility index (Phi) is 6.43. The summed E-state index contributed by atoms with van der Waals surface area (Å²) in [5.41, 5.74) is 1.89. The SMILES string of the molecule is CN1CCN(C(=O)c2cc(-c3cccs3)n(CC(=O)NCc3ccc(F)cc3)n2)CC1. The highest BCUT2D eigenvalue weighted by Gasteiger charge is 2.24. The van der Waals surface area contributed by atoms with Crippen LogP contribution in [0.25, 0.3) is 10.6 Å². The van der Waals surface area contributed by atoms with Crippen molar-refractivity contribution in [1.29, 1.82) is 0 Å². The minimum Gasteiger partial charge on any atom is -0.350 e. The number of likely N-dealkylation sites (N-methyl/N-ethyl adjacent to an activating group) is 1. The van der Waals surface area contributed by atoms with Crippen LogP contribution in [-0.4, -0.2) is 64.6 Å². The monoisotopic (exact) mass is 441 g/mol. The van der Waals surface area contributed by atoms with Crippen LogP contribution in [0.5, 0.6) is 0 Å². The van der Waals surface area contributed by atoms with E-state index >= 15 is 0 Å². The Hall–Kier alpha value is -3.04. The number of rotatable bonds is 6. The number of halogens is 1. The Bertz CT molecular complexity index is 1040. The fourth-order valence-corrected chi connectivity index (χ4v) is 4.18. The molecule has 1 aliphatic heterocycles. The van der Waals surface area contributed by atoms with Crippen LogP contribution in [0.4, 0.5) is 4.39 Å². The first-order chi connectivity index (χ1) is 15.0. The van der Waals surface area contributed by atoms with Crippen molar-refractivity contribution in [2.24, 2.45) is 0 Å². The lowest BCUT2D eigenvalue weighted by molar-refractivity contribution is -0.122. The van der Waals surface area contributed by atoms with Crippen LogP contribution in [0, 0.1) is 5.82 Å². The lowest BCUT2D eigenvalue weighted by atomic mass is 10.2. The molecule has 0 saturated carbocycles. The van der Waals surface area contributed by atoms with E-state index in [2.05, 4.69) is 15.3 Å². The number of thiophene rings is 1. The van der Waals surface area contributed by atoms with Gasteiger partial charge in [0.2, 0.25) is 5.91 Å². The zero-order chi connectivity index (χ0) is 21.8. The van der Waals surface area contributed by atoms with E-state index in [0.717, 1.165) is 29.2 Å².